The molecule has 0 aromatic heterocycles. The topological polar surface area (TPSA) is 154 Å². The van der Waals surface area contributed by atoms with Gasteiger partial charge in [-0.15, -0.1) is 0 Å². The molecule has 8 nitrogen and oxygen atoms in total. The van der Waals surface area contributed by atoms with Crippen LogP contribution in [0.1, 0.15) is 5.56 Å². The highest BCUT2D eigenvalue weighted by atomic mass is 16.4. The third-order valence-electron chi connectivity index (χ3n) is 3.31. The van der Waals surface area contributed by atoms with Crippen molar-refractivity contribution >= 4 is 0 Å². The molecule has 22 heavy (non-hydrogen) atoms. The molecule has 1 aromatic carbocycles. The third kappa shape index (κ3) is 5.41. The minimum Gasteiger partial charge on any atom is -0.504 e. The molecule has 4 atom stereocenters. The minimum absolute atomic E-state index is 0.0273. The molecule has 0 spiro atoms. The molecule has 0 amide bonds. The molecule has 0 aliphatic carbocycles. The molecule has 1 rings (SSSR count). The second-order valence-electron chi connectivity index (χ2n) is 5.08. The number of aliphatic hydroxyl groups excluding tert-OH is 5. The van der Waals surface area contributed by atoms with Gasteiger partial charge in [-0.2, -0.15) is 0 Å². The van der Waals surface area contributed by atoms with Crippen molar-refractivity contribution in [1.29, 1.82) is 0 Å². The molecule has 8 N–H and O–H groups in total. The van der Waals surface area contributed by atoms with E-state index in [1.54, 1.807) is 6.07 Å². The van der Waals surface area contributed by atoms with E-state index in [1.807, 2.05) is 0 Å². The van der Waals surface area contributed by atoms with Crippen LogP contribution < -0.4 is 5.32 Å². The normalized spacial score (nSPS) is 17.0. The van der Waals surface area contributed by atoms with E-state index in [4.69, 9.17) is 5.11 Å². The van der Waals surface area contributed by atoms with Gasteiger partial charge in [0.25, 0.3) is 0 Å². The van der Waals surface area contributed by atoms with E-state index in [0.29, 0.717) is 13.0 Å². The Bertz CT molecular complexity index is 457. The van der Waals surface area contributed by atoms with Crippen LogP contribution in [0, 0.1) is 0 Å². The van der Waals surface area contributed by atoms with Crippen molar-refractivity contribution in [3.8, 4) is 11.5 Å². The van der Waals surface area contributed by atoms with Crippen molar-refractivity contribution < 1.29 is 35.7 Å². The van der Waals surface area contributed by atoms with Gasteiger partial charge in [-0.3, -0.25) is 0 Å². The molecule has 0 unspecified atom stereocenters. The van der Waals surface area contributed by atoms with Gasteiger partial charge in [0.1, 0.15) is 18.3 Å². The Kier molecular flexibility index (Phi) is 7.52. The lowest BCUT2D eigenvalue weighted by Gasteiger charge is -2.25. The first-order chi connectivity index (χ1) is 10.4. The van der Waals surface area contributed by atoms with Crippen LogP contribution in [0.25, 0.3) is 0 Å². The number of aromatic hydroxyl groups is 2. The number of benzene rings is 1. The Morgan fingerprint density at radius 1 is 0.909 bits per heavy atom. The third-order valence-corrected chi connectivity index (χ3v) is 3.31. The van der Waals surface area contributed by atoms with E-state index >= 15 is 0 Å². The van der Waals surface area contributed by atoms with Gasteiger partial charge in [0.15, 0.2) is 11.5 Å². The van der Waals surface area contributed by atoms with Crippen LogP contribution in [0.2, 0.25) is 0 Å². The van der Waals surface area contributed by atoms with Crippen LogP contribution in [0.3, 0.4) is 0 Å². The van der Waals surface area contributed by atoms with E-state index < -0.39 is 31.0 Å². The van der Waals surface area contributed by atoms with Crippen molar-refractivity contribution in [3.05, 3.63) is 23.8 Å². The molecule has 0 bridgehead atoms. The van der Waals surface area contributed by atoms with E-state index in [9.17, 15) is 30.6 Å². The van der Waals surface area contributed by atoms with Gasteiger partial charge < -0.3 is 41.1 Å². The van der Waals surface area contributed by atoms with Gasteiger partial charge in [-0.1, -0.05) is 6.07 Å². The Balaban J connectivity index is 2.32. The largest absolute Gasteiger partial charge is 0.504 e. The summed E-state index contributed by atoms with van der Waals surface area (Å²) in [5.74, 6) is -0.416. The van der Waals surface area contributed by atoms with E-state index in [0.717, 1.165) is 5.56 Å². The summed E-state index contributed by atoms with van der Waals surface area (Å²) >= 11 is 0. The van der Waals surface area contributed by atoms with Crippen molar-refractivity contribution in [2.24, 2.45) is 0 Å². The minimum atomic E-state index is -1.64. The summed E-state index contributed by atoms with van der Waals surface area (Å²) < 4.78 is 0. The number of aliphatic hydroxyl groups is 5. The zero-order chi connectivity index (χ0) is 16.7. The van der Waals surface area contributed by atoms with Crippen LogP contribution in [-0.2, 0) is 6.42 Å². The van der Waals surface area contributed by atoms with E-state index in [-0.39, 0.29) is 18.0 Å². The Morgan fingerprint density at radius 2 is 1.55 bits per heavy atom. The first-order valence-electron chi connectivity index (χ1n) is 6.91. The van der Waals surface area contributed by atoms with Gasteiger partial charge in [0.05, 0.1) is 12.7 Å². The highest BCUT2D eigenvalue weighted by molar-refractivity contribution is 5.40. The van der Waals surface area contributed by atoms with Crippen molar-refractivity contribution in [3.63, 3.8) is 0 Å². The molecular formula is C14H23NO7. The van der Waals surface area contributed by atoms with Gasteiger partial charge >= 0.3 is 0 Å². The summed E-state index contributed by atoms with van der Waals surface area (Å²) in [6.45, 7) is -0.324. The fourth-order valence-corrected chi connectivity index (χ4v) is 1.89. The average Bonchev–Trinajstić information content (AvgIpc) is 2.52. The van der Waals surface area contributed by atoms with Crippen molar-refractivity contribution in [1.82, 2.24) is 5.32 Å². The molecule has 0 saturated carbocycles. The number of hydrogen-bond acceptors (Lipinski definition) is 8. The van der Waals surface area contributed by atoms with Crippen molar-refractivity contribution in [2.75, 3.05) is 19.7 Å². The first-order valence-corrected chi connectivity index (χ1v) is 6.91. The van der Waals surface area contributed by atoms with Crippen LogP contribution >= 0.6 is 0 Å². The van der Waals surface area contributed by atoms with Crippen LogP contribution in [0.15, 0.2) is 18.2 Å². The SMILES string of the molecule is OC[C@@H](O)[C@H](O)[C@@H](O)[C@@H](O)CNCCc1ccc(O)c(O)c1. The predicted molar refractivity (Wildman–Crippen MR) is 77.5 cm³/mol. The smallest absolute Gasteiger partial charge is 0.157 e. The number of phenolic OH excluding ortho intramolecular Hbond substituents is 2. The second-order valence-corrected chi connectivity index (χ2v) is 5.08. The van der Waals surface area contributed by atoms with Crippen LogP contribution in [-0.4, -0.2) is 79.9 Å². The lowest BCUT2D eigenvalue weighted by molar-refractivity contribution is -0.113. The lowest BCUT2D eigenvalue weighted by atomic mass is 10.0. The monoisotopic (exact) mass is 317 g/mol. The molecule has 0 aliphatic rings. The molecule has 0 heterocycles. The van der Waals surface area contributed by atoms with Crippen molar-refractivity contribution in [2.45, 2.75) is 30.8 Å². The highest BCUT2D eigenvalue weighted by Crippen LogP contribution is 2.24. The van der Waals surface area contributed by atoms with Gasteiger partial charge in [-0.25, -0.2) is 0 Å². The second kappa shape index (κ2) is 8.89. The fourth-order valence-electron chi connectivity index (χ4n) is 1.89. The zero-order valence-electron chi connectivity index (χ0n) is 12.0. The summed E-state index contributed by atoms with van der Waals surface area (Å²) in [7, 11) is 0. The highest BCUT2D eigenvalue weighted by Gasteiger charge is 2.29. The van der Waals surface area contributed by atoms with Crippen LogP contribution in [0.5, 0.6) is 11.5 Å². The molecular weight excluding hydrogens is 294 g/mol. The van der Waals surface area contributed by atoms with Gasteiger partial charge in [0.2, 0.25) is 0 Å². The number of rotatable bonds is 9. The summed E-state index contributed by atoms with van der Waals surface area (Å²) in [4.78, 5) is 0. The Labute approximate surface area is 127 Å². The van der Waals surface area contributed by atoms with E-state index in [1.165, 1.54) is 12.1 Å². The average molecular weight is 317 g/mol. The number of hydrogen-bond donors (Lipinski definition) is 8. The predicted octanol–water partition coefficient (Wildman–Crippen LogP) is -2.33. The molecule has 126 valence electrons. The molecule has 0 radical (unpaired) electrons. The van der Waals surface area contributed by atoms with Gasteiger partial charge in [-0.05, 0) is 30.7 Å². The van der Waals surface area contributed by atoms with Crippen LogP contribution in [0.4, 0.5) is 0 Å². The quantitative estimate of drug-likeness (QED) is 0.186. The summed E-state index contributed by atoms with van der Waals surface area (Å²) in [5.41, 5.74) is 0.772. The first kappa shape index (κ1) is 18.6. The van der Waals surface area contributed by atoms with E-state index in [2.05, 4.69) is 5.32 Å². The number of nitrogens with one attached hydrogen (secondary N) is 1. The lowest BCUT2D eigenvalue weighted by Crippen LogP contribution is -2.49. The summed E-state index contributed by atoms with van der Waals surface area (Å²) in [6.07, 6.45) is -5.56. The Hall–Kier alpha value is -1.42. The standard InChI is InChI=1S/C14H23NO7/c16-7-12(20)14(22)13(21)11(19)6-15-4-3-8-1-2-9(17)10(18)5-8/h1-2,5,11-22H,3-4,6-7H2/t11-,12+,13-,14-/m0/s1. The maximum absolute atomic E-state index is 9.67. The maximum atomic E-state index is 9.67. The summed E-state index contributed by atoms with van der Waals surface area (Å²) in [6, 6.07) is 4.43. The molecule has 8 heteroatoms. The molecule has 0 fully saturated rings. The summed E-state index contributed by atoms with van der Waals surface area (Å²) in [5, 5.41) is 67.9. The van der Waals surface area contributed by atoms with Gasteiger partial charge in [0, 0.05) is 6.54 Å². The number of phenols is 2. The fraction of sp³-hybridized carbons (Fsp3) is 0.571. The molecule has 0 saturated heterocycles. The Morgan fingerprint density at radius 3 is 2.14 bits per heavy atom. The molecule has 0 aliphatic heterocycles. The molecule has 1 aromatic rings. The maximum Gasteiger partial charge on any atom is 0.157 e. The zero-order valence-corrected chi connectivity index (χ0v) is 12.0.